The fourth-order valence-corrected chi connectivity index (χ4v) is 1.63. The van der Waals surface area contributed by atoms with E-state index < -0.39 is 0 Å². The van der Waals surface area contributed by atoms with Crippen LogP contribution in [0.3, 0.4) is 0 Å². The Balaban J connectivity index is 2.22. The van der Waals surface area contributed by atoms with Crippen molar-refractivity contribution in [3.63, 3.8) is 0 Å². The van der Waals surface area contributed by atoms with E-state index in [1.54, 1.807) is 6.07 Å². The van der Waals surface area contributed by atoms with Gasteiger partial charge in [0.15, 0.2) is 0 Å². The monoisotopic (exact) mass is 259 g/mol. The number of benzene rings is 1. The highest BCUT2D eigenvalue weighted by atomic mass is 16.1. The summed E-state index contributed by atoms with van der Waals surface area (Å²) >= 11 is 0. The first kappa shape index (κ1) is 15.2. The maximum atomic E-state index is 11.5. The van der Waals surface area contributed by atoms with Gasteiger partial charge in [-0.15, -0.1) is 0 Å². The van der Waals surface area contributed by atoms with Crippen molar-refractivity contribution in [3.05, 3.63) is 35.4 Å². The topological polar surface area (TPSA) is 64.9 Å². The lowest BCUT2D eigenvalue weighted by molar-refractivity contribution is -0.120. The number of nitrogens with zero attached hydrogens (tertiary/aromatic N) is 1. The molecule has 0 aliphatic carbocycles. The number of carbonyl (C=O) groups is 1. The summed E-state index contributed by atoms with van der Waals surface area (Å²) in [7, 11) is 0. The molecule has 0 bridgehead atoms. The molecule has 0 saturated heterocycles. The third kappa shape index (κ3) is 6.58. The minimum absolute atomic E-state index is 0.0112. The molecule has 0 aliphatic heterocycles. The predicted octanol–water partition coefficient (Wildman–Crippen LogP) is 1.81. The molecule has 0 radical (unpaired) electrons. The van der Waals surface area contributed by atoms with Crippen LogP contribution in [0.4, 0.5) is 0 Å². The molecule has 4 nitrogen and oxygen atoms in total. The number of amides is 1. The molecule has 1 amide bonds. The molecule has 2 N–H and O–H groups in total. The molecule has 102 valence electrons. The van der Waals surface area contributed by atoms with Gasteiger partial charge in [-0.3, -0.25) is 4.79 Å². The molecule has 0 aromatic heterocycles. The second-order valence-corrected chi connectivity index (χ2v) is 4.95. The van der Waals surface area contributed by atoms with Crippen LogP contribution in [-0.4, -0.2) is 19.0 Å². The molecule has 1 rings (SSSR count). The van der Waals surface area contributed by atoms with E-state index in [2.05, 4.69) is 30.6 Å². The van der Waals surface area contributed by atoms with Crippen molar-refractivity contribution < 1.29 is 4.79 Å². The molecule has 4 heteroatoms. The summed E-state index contributed by atoms with van der Waals surface area (Å²) in [5.41, 5.74) is 1.65. The fraction of sp³-hybridized carbons (Fsp3) is 0.467. The summed E-state index contributed by atoms with van der Waals surface area (Å²) in [4.78, 5) is 11.5. The zero-order chi connectivity index (χ0) is 14.1. The maximum Gasteiger partial charge on any atom is 0.233 e. The number of carbonyl (C=O) groups excluding carboxylic acids is 1. The Labute approximate surface area is 114 Å². The molecule has 0 fully saturated rings. The predicted molar refractivity (Wildman–Crippen MR) is 75.3 cm³/mol. The first-order chi connectivity index (χ1) is 9.11. The number of nitriles is 1. The zero-order valence-electron chi connectivity index (χ0n) is 11.6. The van der Waals surface area contributed by atoms with Crippen LogP contribution >= 0.6 is 0 Å². The van der Waals surface area contributed by atoms with Gasteiger partial charge in [0.05, 0.1) is 18.2 Å². The van der Waals surface area contributed by atoms with Crippen molar-refractivity contribution in [2.75, 3.05) is 13.1 Å². The largest absolute Gasteiger partial charge is 0.355 e. The fourth-order valence-electron chi connectivity index (χ4n) is 1.63. The molecule has 0 spiro atoms. The highest BCUT2D eigenvalue weighted by Gasteiger charge is 2.01. The lowest BCUT2D eigenvalue weighted by Crippen LogP contribution is -2.34. The molecule has 0 heterocycles. The van der Waals surface area contributed by atoms with Crippen molar-refractivity contribution >= 4 is 5.91 Å². The van der Waals surface area contributed by atoms with E-state index in [1.165, 1.54) is 0 Å². The average Bonchev–Trinajstić information content (AvgIpc) is 2.38. The van der Waals surface area contributed by atoms with E-state index in [0.29, 0.717) is 24.6 Å². The van der Waals surface area contributed by atoms with Crippen LogP contribution in [0.1, 0.15) is 31.4 Å². The Morgan fingerprint density at radius 1 is 1.42 bits per heavy atom. The Kier molecular flexibility index (Phi) is 6.62. The summed E-state index contributed by atoms with van der Waals surface area (Å²) in [6.45, 7) is 5.88. The van der Waals surface area contributed by atoms with E-state index in [0.717, 1.165) is 18.5 Å². The number of hydrogen-bond acceptors (Lipinski definition) is 3. The van der Waals surface area contributed by atoms with E-state index in [4.69, 9.17) is 5.26 Å². The van der Waals surface area contributed by atoms with Gasteiger partial charge in [-0.1, -0.05) is 26.0 Å². The van der Waals surface area contributed by atoms with Crippen LogP contribution in [0.25, 0.3) is 0 Å². The Morgan fingerprint density at radius 2 is 2.21 bits per heavy atom. The van der Waals surface area contributed by atoms with Gasteiger partial charge in [-0.25, -0.2) is 0 Å². The zero-order valence-corrected chi connectivity index (χ0v) is 11.6. The molecular formula is C15H21N3O. The van der Waals surface area contributed by atoms with Gasteiger partial charge < -0.3 is 10.6 Å². The first-order valence-corrected chi connectivity index (χ1v) is 6.58. The van der Waals surface area contributed by atoms with Gasteiger partial charge >= 0.3 is 0 Å². The first-order valence-electron chi connectivity index (χ1n) is 6.58. The lowest BCUT2D eigenvalue weighted by Gasteiger charge is -2.08. The summed E-state index contributed by atoms with van der Waals surface area (Å²) in [5, 5.41) is 14.7. The van der Waals surface area contributed by atoms with Gasteiger partial charge in [-0.2, -0.15) is 5.26 Å². The van der Waals surface area contributed by atoms with Crippen LogP contribution in [0.15, 0.2) is 24.3 Å². The third-order valence-corrected chi connectivity index (χ3v) is 2.71. The van der Waals surface area contributed by atoms with Crippen molar-refractivity contribution in [2.24, 2.45) is 5.92 Å². The molecular weight excluding hydrogens is 238 g/mol. The highest BCUT2D eigenvalue weighted by Crippen LogP contribution is 2.03. The van der Waals surface area contributed by atoms with Crippen LogP contribution in [-0.2, 0) is 11.3 Å². The number of hydrogen-bond donors (Lipinski definition) is 2. The maximum absolute atomic E-state index is 11.5. The Bertz CT molecular complexity index is 449. The van der Waals surface area contributed by atoms with Gasteiger partial charge in [0.1, 0.15) is 0 Å². The lowest BCUT2D eigenvalue weighted by atomic mass is 10.1. The Hall–Kier alpha value is -1.86. The average molecular weight is 259 g/mol. The van der Waals surface area contributed by atoms with E-state index in [1.807, 2.05) is 18.2 Å². The smallest absolute Gasteiger partial charge is 0.233 e. The van der Waals surface area contributed by atoms with E-state index in [-0.39, 0.29) is 5.91 Å². The van der Waals surface area contributed by atoms with Gasteiger partial charge in [0.2, 0.25) is 5.91 Å². The Morgan fingerprint density at radius 3 is 2.89 bits per heavy atom. The van der Waals surface area contributed by atoms with Gasteiger partial charge in [0.25, 0.3) is 0 Å². The van der Waals surface area contributed by atoms with E-state index >= 15 is 0 Å². The normalized spacial score (nSPS) is 10.2. The SMILES string of the molecule is CC(C)CCNC(=O)CNCc1cccc(C#N)c1. The second-order valence-electron chi connectivity index (χ2n) is 4.95. The second kappa shape index (κ2) is 8.28. The van der Waals surface area contributed by atoms with Crippen molar-refractivity contribution in [1.29, 1.82) is 5.26 Å². The molecule has 1 aromatic rings. The summed E-state index contributed by atoms with van der Waals surface area (Å²) in [6.07, 6.45) is 0.996. The third-order valence-electron chi connectivity index (χ3n) is 2.71. The standard InChI is InChI=1S/C15H21N3O/c1-12(2)6-7-18-15(19)11-17-10-14-5-3-4-13(8-14)9-16/h3-5,8,12,17H,6-7,10-11H2,1-2H3,(H,18,19). The molecule has 19 heavy (non-hydrogen) atoms. The quantitative estimate of drug-likeness (QED) is 0.785. The highest BCUT2D eigenvalue weighted by molar-refractivity contribution is 5.77. The van der Waals surface area contributed by atoms with E-state index in [9.17, 15) is 4.79 Å². The molecule has 0 unspecified atom stereocenters. The van der Waals surface area contributed by atoms with Crippen molar-refractivity contribution in [1.82, 2.24) is 10.6 Å². The summed E-state index contributed by atoms with van der Waals surface area (Å²) in [5.74, 6) is 0.610. The van der Waals surface area contributed by atoms with Crippen molar-refractivity contribution in [2.45, 2.75) is 26.8 Å². The molecule has 0 atom stereocenters. The van der Waals surface area contributed by atoms with Gasteiger partial charge in [0, 0.05) is 13.1 Å². The summed E-state index contributed by atoms with van der Waals surface area (Å²) in [6, 6.07) is 9.47. The molecule has 0 aliphatic rings. The van der Waals surface area contributed by atoms with Gasteiger partial charge in [-0.05, 0) is 30.0 Å². The minimum atomic E-state index is 0.0112. The number of nitrogens with one attached hydrogen (secondary N) is 2. The van der Waals surface area contributed by atoms with Crippen LogP contribution in [0.2, 0.25) is 0 Å². The van der Waals surface area contributed by atoms with Crippen molar-refractivity contribution in [3.8, 4) is 6.07 Å². The molecule has 0 saturated carbocycles. The van der Waals surface area contributed by atoms with Crippen LogP contribution < -0.4 is 10.6 Å². The van der Waals surface area contributed by atoms with Crippen LogP contribution in [0.5, 0.6) is 0 Å². The molecule has 1 aromatic carbocycles. The van der Waals surface area contributed by atoms with Crippen LogP contribution in [0, 0.1) is 17.2 Å². The summed E-state index contributed by atoms with van der Waals surface area (Å²) < 4.78 is 0. The minimum Gasteiger partial charge on any atom is -0.355 e. The number of rotatable bonds is 7.